The second-order valence-electron chi connectivity index (χ2n) is 5.13. The molecule has 9 heteroatoms. The van der Waals surface area contributed by atoms with Crippen LogP contribution in [0.1, 0.15) is 25.0 Å². The monoisotopic (exact) mass is 321 g/mol. The number of nitrogens with one attached hydrogen (secondary N) is 1. The maximum absolute atomic E-state index is 12.6. The predicted octanol–water partition coefficient (Wildman–Crippen LogP) is 1.59. The summed E-state index contributed by atoms with van der Waals surface area (Å²) in [6, 6.07) is 3.41. The molecular formula is C12H14F3N3O2S. The molecule has 0 aliphatic carbocycles. The van der Waals surface area contributed by atoms with E-state index in [1.807, 2.05) is 0 Å². The number of nitrogens with two attached hydrogens (primary N) is 1. The molecular weight excluding hydrogens is 307 g/mol. The number of alkyl halides is 3. The number of sulfonamides is 1. The van der Waals surface area contributed by atoms with E-state index in [2.05, 4.69) is 4.72 Å². The fourth-order valence-corrected chi connectivity index (χ4v) is 2.64. The van der Waals surface area contributed by atoms with Gasteiger partial charge < -0.3 is 5.73 Å². The van der Waals surface area contributed by atoms with Crippen molar-refractivity contribution < 1.29 is 21.6 Å². The Kier molecular flexibility index (Phi) is 4.67. The van der Waals surface area contributed by atoms with Gasteiger partial charge in [0.1, 0.15) is 0 Å². The summed E-state index contributed by atoms with van der Waals surface area (Å²) < 4.78 is 64.0. The van der Waals surface area contributed by atoms with E-state index in [1.54, 1.807) is 13.8 Å². The molecule has 5 nitrogen and oxygen atoms in total. The van der Waals surface area contributed by atoms with E-state index in [4.69, 9.17) is 11.0 Å². The van der Waals surface area contributed by atoms with Gasteiger partial charge in [0.2, 0.25) is 10.0 Å². The van der Waals surface area contributed by atoms with Gasteiger partial charge in [-0.15, -0.1) is 0 Å². The molecule has 21 heavy (non-hydrogen) atoms. The topological polar surface area (TPSA) is 96.0 Å². The Morgan fingerprint density at radius 2 is 1.90 bits per heavy atom. The molecule has 0 unspecified atom stereocenters. The molecule has 0 amide bonds. The van der Waals surface area contributed by atoms with Crippen molar-refractivity contribution in [3.05, 3.63) is 29.3 Å². The van der Waals surface area contributed by atoms with Gasteiger partial charge >= 0.3 is 6.18 Å². The molecule has 3 N–H and O–H groups in total. The minimum atomic E-state index is -4.72. The van der Waals surface area contributed by atoms with Gasteiger partial charge in [-0.05, 0) is 32.0 Å². The SMILES string of the molecule is CC(C)(N)CNS(=O)(=O)c1ccc(C(F)(F)F)c(C#N)c1. The summed E-state index contributed by atoms with van der Waals surface area (Å²) in [7, 11) is -4.04. The standard InChI is InChI=1S/C12H14F3N3O2S/c1-11(2,17)7-18-21(19,20)9-3-4-10(12(13,14)15)8(5-9)6-16/h3-5,18H,7,17H2,1-2H3. The van der Waals surface area contributed by atoms with E-state index in [9.17, 15) is 21.6 Å². The molecule has 1 aromatic rings. The summed E-state index contributed by atoms with van der Waals surface area (Å²) in [6.45, 7) is 3.07. The van der Waals surface area contributed by atoms with Gasteiger partial charge in [-0.25, -0.2) is 13.1 Å². The fraction of sp³-hybridized carbons (Fsp3) is 0.417. The summed E-state index contributed by atoms with van der Waals surface area (Å²) >= 11 is 0. The predicted molar refractivity (Wildman–Crippen MR) is 69.6 cm³/mol. The Hall–Kier alpha value is -1.63. The number of rotatable bonds is 4. The van der Waals surface area contributed by atoms with Crippen LogP contribution in [0, 0.1) is 11.3 Å². The fourth-order valence-electron chi connectivity index (χ4n) is 1.39. The van der Waals surface area contributed by atoms with Crippen molar-refractivity contribution in [1.29, 1.82) is 5.26 Å². The van der Waals surface area contributed by atoms with Crippen molar-refractivity contribution in [2.24, 2.45) is 5.73 Å². The van der Waals surface area contributed by atoms with Crippen LogP contribution in [-0.2, 0) is 16.2 Å². The highest BCUT2D eigenvalue weighted by Gasteiger charge is 2.34. The summed E-state index contributed by atoms with van der Waals surface area (Å²) in [6.07, 6.45) is -4.72. The van der Waals surface area contributed by atoms with Gasteiger partial charge in [-0.1, -0.05) is 0 Å². The molecule has 0 bridgehead atoms. The van der Waals surface area contributed by atoms with Gasteiger partial charge in [0, 0.05) is 12.1 Å². The zero-order chi connectivity index (χ0) is 16.5. The highest BCUT2D eigenvalue weighted by atomic mass is 32.2. The van der Waals surface area contributed by atoms with E-state index in [-0.39, 0.29) is 6.54 Å². The lowest BCUT2D eigenvalue weighted by atomic mass is 10.1. The Labute approximate surface area is 120 Å². The van der Waals surface area contributed by atoms with Crippen LogP contribution in [0.4, 0.5) is 13.2 Å². The lowest BCUT2D eigenvalue weighted by Gasteiger charge is -2.19. The lowest BCUT2D eigenvalue weighted by Crippen LogP contribution is -2.45. The molecule has 0 radical (unpaired) electrons. The molecule has 0 aliphatic rings. The van der Waals surface area contributed by atoms with Crippen LogP contribution < -0.4 is 10.5 Å². The Balaban J connectivity index is 3.19. The smallest absolute Gasteiger partial charge is 0.324 e. The molecule has 0 saturated carbocycles. The number of nitrogens with zero attached hydrogens (tertiary/aromatic N) is 1. The largest absolute Gasteiger partial charge is 0.417 e. The second-order valence-corrected chi connectivity index (χ2v) is 6.90. The van der Waals surface area contributed by atoms with E-state index in [1.165, 1.54) is 6.07 Å². The lowest BCUT2D eigenvalue weighted by molar-refractivity contribution is -0.137. The molecule has 0 aliphatic heterocycles. The third-order valence-corrected chi connectivity index (χ3v) is 3.84. The summed E-state index contributed by atoms with van der Waals surface area (Å²) in [4.78, 5) is -0.420. The van der Waals surface area contributed by atoms with Crippen molar-refractivity contribution in [3.63, 3.8) is 0 Å². The average molecular weight is 321 g/mol. The minimum Gasteiger partial charge on any atom is -0.324 e. The molecule has 0 atom stereocenters. The Morgan fingerprint density at radius 1 is 1.33 bits per heavy atom. The maximum atomic E-state index is 12.6. The maximum Gasteiger partial charge on any atom is 0.417 e. The zero-order valence-corrected chi connectivity index (χ0v) is 12.1. The first-order chi connectivity index (χ1) is 9.37. The number of hydrogen-bond acceptors (Lipinski definition) is 4. The zero-order valence-electron chi connectivity index (χ0n) is 11.3. The van der Waals surface area contributed by atoms with Crippen molar-refractivity contribution >= 4 is 10.0 Å². The van der Waals surface area contributed by atoms with E-state index in [0.29, 0.717) is 12.1 Å². The summed E-state index contributed by atoms with van der Waals surface area (Å²) in [5.41, 5.74) is 2.88. The Bertz CT molecular complexity index is 670. The van der Waals surface area contributed by atoms with Gasteiger partial charge in [-0.3, -0.25) is 0 Å². The number of benzene rings is 1. The molecule has 116 valence electrons. The van der Waals surface area contributed by atoms with E-state index in [0.717, 1.165) is 6.07 Å². The highest BCUT2D eigenvalue weighted by molar-refractivity contribution is 7.89. The van der Waals surface area contributed by atoms with Crippen LogP contribution in [0.15, 0.2) is 23.1 Å². The van der Waals surface area contributed by atoms with Gasteiger partial charge in [-0.2, -0.15) is 18.4 Å². The third-order valence-electron chi connectivity index (χ3n) is 2.44. The number of nitriles is 1. The van der Waals surface area contributed by atoms with Crippen molar-refractivity contribution in [3.8, 4) is 6.07 Å². The van der Waals surface area contributed by atoms with Crippen molar-refractivity contribution in [1.82, 2.24) is 4.72 Å². The number of hydrogen-bond donors (Lipinski definition) is 2. The highest BCUT2D eigenvalue weighted by Crippen LogP contribution is 2.32. The van der Waals surface area contributed by atoms with Crippen LogP contribution in [0.5, 0.6) is 0 Å². The first-order valence-corrected chi connectivity index (χ1v) is 7.25. The first kappa shape index (κ1) is 17.4. The van der Waals surface area contributed by atoms with Crippen LogP contribution in [0.25, 0.3) is 0 Å². The second kappa shape index (κ2) is 5.63. The van der Waals surface area contributed by atoms with Crippen LogP contribution in [-0.4, -0.2) is 20.5 Å². The molecule has 1 aromatic carbocycles. The first-order valence-electron chi connectivity index (χ1n) is 5.77. The number of halogens is 3. The molecule has 0 fully saturated rings. The van der Waals surface area contributed by atoms with Crippen molar-refractivity contribution in [2.75, 3.05) is 6.54 Å². The molecule has 0 aromatic heterocycles. The van der Waals surface area contributed by atoms with Crippen molar-refractivity contribution in [2.45, 2.75) is 30.5 Å². The quantitative estimate of drug-likeness (QED) is 0.880. The van der Waals surface area contributed by atoms with Crippen LogP contribution in [0.3, 0.4) is 0 Å². The van der Waals surface area contributed by atoms with Crippen LogP contribution >= 0.6 is 0 Å². The summed E-state index contributed by atoms with van der Waals surface area (Å²) in [5, 5.41) is 8.75. The van der Waals surface area contributed by atoms with E-state index < -0.39 is 37.8 Å². The van der Waals surface area contributed by atoms with Gasteiger partial charge in [0.25, 0.3) is 0 Å². The Morgan fingerprint density at radius 3 is 2.33 bits per heavy atom. The van der Waals surface area contributed by atoms with Gasteiger partial charge in [0.15, 0.2) is 0 Å². The normalized spacial score (nSPS) is 13.0. The molecule has 0 heterocycles. The summed E-state index contributed by atoms with van der Waals surface area (Å²) in [5.74, 6) is 0. The molecule has 0 spiro atoms. The van der Waals surface area contributed by atoms with Gasteiger partial charge in [0.05, 0.1) is 22.1 Å². The minimum absolute atomic E-state index is 0.0990. The average Bonchev–Trinajstić information content (AvgIpc) is 2.34. The molecule has 1 rings (SSSR count). The van der Waals surface area contributed by atoms with E-state index >= 15 is 0 Å². The molecule has 0 saturated heterocycles. The van der Waals surface area contributed by atoms with Crippen LogP contribution in [0.2, 0.25) is 0 Å². The third kappa shape index (κ3) is 4.70.